The van der Waals surface area contributed by atoms with Crippen LogP contribution in [0.4, 0.5) is 0 Å². The summed E-state index contributed by atoms with van der Waals surface area (Å²) < 4.78 is 0. The average Bonchev–Trinajstić information content (AvgIpc) is 2.43. The van der Waals surface area contributed by atoms with Crippen LogP contribution >= 0.6 is 11.8 Å². The number of nitrogens with zero attached hydrogens (tertiary/aromatic N) is 2. The maximum absolute atomic E-state index is 12.4. The number of amides is 2. The number of hydrogen-bond donors (Lipinski definition) is 1. The predicted molar refractivity (Wildman–Crippen MR) is 81.3 cm³/mol. The molecule has 1 aromatic heterocycles. The Morgan fingerprint density at radius 2 is 2.25 bits per heavy atom. The predicted octanol–water partition coefficient (Wildman–Crippen LogP) is 1.30. The second-order valence-electron chi connectivity index (χ2n) is 4.59. The number of pyridine rings is 1. The van der Waals surface area contributed by atoms with Crippen molar-refractivity contribution in [2.75, 3.05) is 19.1 Å². The van der Waals surface area contributed by atoms with E-state index in [1.807, 2.05) is 18.4 Å². The molecule has 0 fully saturated rings. The molecule has 0 aliphatic heterocycles. The zero-order chi connectivity index (χ0) is 15.0. The topological polar surface area (TPSA) is 62.3 Å². The minimum atomic E-state index is -0.457. The van der Waals surface area contributed by atoms with Crippen LogP contribution < -0.4 is 5.32 Å². The Balaban J connectivity index is 2.64. The quantitative estimate of drug-likeness (QED) is 0.823. The van der Waals surface area contributed by atoms with Gasteiger partial charge in [-0.2, -0.15) is 11.8 Å². The van der Waals surface area contributed by atoms with Gasteiger partial charge in [0.1, 0.15) is 6.04 Å². The molecule has 0 radical (unpaired) electrons. The van der Waals surface area contributed by atoms with E-state index in [-0.39, 0.29) is 11.8 Å². The first kappa shape index (κ1) is 16.5. The van der Waals surface area contributed by atoms with Crippen LogP contribution in [-0.2, 0) is 16.1 Å². The summed E-state index contributed by atoms with van der Waals surface area (Å²) >= 11 is 1.66. The molecule has 1 atom stereocenters. The first-order valence-corrected chi connectivity index (χ1v) is 7.84. The molecule has 0 bridgehead atoms. The fourth-order valence-corrected chi connectivity index (χ4v) is 2.32. The van der Waals surface area contributed by atoms with E-state index >= 15 is 0 Å². The lowest BCUT2D eigenvalue weighted by Gasteiger charge is -2.24. The third kappa shape index (κ3) is 5.61. The molecule has 6 heteroatoms. The van der Waals surface area contributed by atoms with E-state index in [1.54, 1.807) is 36.1 Å². The van der Waals surface area contributed by atoms with Gasteiger partial charge in [0.25, 0.3) is 0 Å². The highest BCUT2D eigenvalue weighted by molar-refractivity contribution is 7.98. The Bertz CT molecular complexity index is 439. The monoisotopic (exact) mass is 295 g/mol. The van der Waals surface area contributed by atoms with Crippen LogP contribution in [0.5, 0.6) is 0 Å². The number of hydrogen-bond acceptors (Lipinski definition) is 4. The summed E-state index contributed by atoms with van der Waals surface area (Å²) in [7, 11) is 1.74. The van der Waals surface area contributed by atoms with Gasteiger partial charge < -0.3 is 10.2 Å². The van der Waals surface area contributed by atoms with E-state index in [0.29, 0.717) is 13.0 Å². The second kappa shape index (κ2) is 8.58. The van der Waals surface area contributed by atoms with Crippen molar-refractivity contribution in [2.45, 2.75) is 25.9 Å². The molecule has 1 rings (SSSR count). The smallest absolute Gasteiger partial charge is 0.245 e. The normalized spacial score (nSPS) is 11.8. The molecular formula is C14H21N3O2S. The van der Waals surface area contributed by atoms with Gasteiger partial charge >= 0.3 is 0 Å². The minimum absolute atomic E-state index is 0.0712. The Morgan fingerprint density at radius 3 is 2.80 bits per heavy atom. The third-order valence-electron chi connectivity index (χ3n) is 2.81. The first-order valence-electron chi connectivity index (χ1n) is 6.44. The van der Waals surface area contributed by atoms with E-state index in [0.717, 1.165) is 11.3 Å². The zero-order valence-corrected chi connectivity index (χ0v) is 12.9. The van der Waals surface area contributed by atoms with E-state index < -0.39 is 6.04 Å². The van der Waals surface area contributed by atoms with Gasteiger partial charge in [-0.05, 0) is 30.1 Å². The van der Waals surface area contributed by atoms with Gasteiger partial charge in [-0.1, -0.05) is 6.07 Å². The Kier molecular flexibility index (Phi) is 7.08. The molecule has 1 heterocycles. The number of carbonyl (C=O) groups is 2. The minimum Gasteiger partial charge on any atom is -0.345 e. The SMILES string of the molecule is CSCC[C@H](NC(C)=O)C(=O)N(C)Cc1cccnc1. The van der Waals surface area contributed by atoms with Crippen LogP contribution in [0.15, 0.2) is 24.5 Å². The highest BCUT2D eigenvalue weighted by Crippen LogP contribution is 2.07. The standard InChI is InChI=1S/C14H21N3O2S/c1-11(18)16-13(6-8-20-3)14(19)17(2)10-12-5-4-7-15-9-12/h4-5,7,9,13H,6,8,10H2,1-3H3,(H,16,18)/t13-/m0/s1. The molecule has 0 aromatic carbocycles. The number of thioether (sulfide) groups is 1. The Labute approximate surface area is 124 Å². The van der Waals surface area contributed by atoms with Crippen LogP contribution in [0, 0.1) is 0 Å². The van der Waals surface area contributed by atoms with Crippen molar-refractivity contribution in [1.29, 1.82) is 0 Å². The molecule has 20 heavy (non-hydrogen) atoms. The van der Waals surface area contributed by atoms with Gasteiger partial charge in [-0.15, -0.1) is 0 Å². The lowest BCUT2D eigenvalue weighted by Crippen LogP contribution is -2.46. The number of rotatable bonds is 7. The summed E-state index contributed by atoms with van der Waals surface area (Å²) in [6.07, 6.45) is 6.05. The summed E-state index contributed by atoms with van der Waals surface area (Å²) in [5.74, 6) is 0.578. The van der Waals surface area contributed by atoms with Crippen molar-refractivity contribution >= 4 is 23.6 Å². The molecule has 0 aliphatic carbocycles. The van der Waals surface area contributed by atoms with Gasteiger partial charge in [0.15, 0.2) is 0 Å². The van der Waals surface area contributed by atoms with E-state index in [2.05, 4.69) is 10.3 Å². The number of likely N-dealkylation sites (N-methyl/N-ethyl adjacent to an activating group) is 1. The fourth-order valence-electron chi connectivity index (χ4n) is 1.85. The van der Waals surface area contributed by atoms with Gasteiger partial charge in [-0.25, -0.2) is 0 Å². The summed E-state index contributed by atoms with van der Waals surface area (Å²) in [6, 6.07) is 3.31. The van der Waals surface area contributed by atoms with Crippen molar-refractivity contribution in [3.8, 4) is 0 Å². The van der Waals surface area contributed by atoms with Crippen LogP contribution in [0.25, 0.3) is 0 Å². The van der Waals surface area contributed by atoms with Gasteiger partial charge in [0.05, 0.1) is 0 Å². The van der Waals surface area contributed by atoms with Crippen molar-refractivity contribution < 1.29 is 9.59 Å². The molecular weight excluding hydrogens is 274 g/mol. The highest BCUT2D eigenvalue weighted by Gasteiger charge is 2.22. The molecule has 2 amide bonds. The summed E-state index contributed by atoms with van der Waals surface area (Å²) in [4.78, 5) is 29.2. The van der Waals surface area contributed by atoms with E-state index in [9.17, 15) is 9.59 Å². The van der Waals surface area contributed by atoms with E-state index in [4.69, 9.17) is 0 Å². The highest BCUT2D eigenvalue weighted by atomic mass is 32.2. The van der Waals surface area contributed by atoms with Crippen molar-refractivity contribution in [3.63, 3.8) is 0 Å². The number of nitrogens with one attached hydrogen (secondary N) is 1. The maximum atomic E-state index is 12.4. The molecule has 0 spiro atoms. The van der Waals surface area contributed by atoms with Gasteiger partial charge in [-0.3, -0.25) is 14.6 Å². The van der Waals surface area contributed by atoms with E-state index in [1.165, 1.54) is 6.92 Å². The molecule has 0 saturated heterocycles. The molecule has 0 unspecified atom stereocenters. The van der Waals surface area contributed by atoms with Gasteiger partial charge in [0, 0.05) is 32.9 Å². The molecule has 110 valence electrons. The van der Waals surface area contributed by atoms with Crippen LogP contribution in [0.2, 0.25) is 0 Å². The van der Waals surface area contributed by atoms with Crippen LogP contribution in [0.3, 0.4) is 0 Å². The molecule has 0 saturated carbocycles. The summed E-state index contributed by atoms with van der Waals surface area (Å²) in [5, 5.41) is 2.72. The van der Waals surface area contributed by atoms with Crippen molar-refractivity contribution in [2.24, 2.45) is 0 Å². The summed E-state index contributed by atoms with van der Waals surface area (Å²) in [5.41, 5.74) is 0.967. The Morgan fingerprint density at radius 1 is 1.50 bits per heavy atom. The maximum Gasteiger partial charge on any atom is 0.245 e. The molecule has 5 nitrogen and oxygen atoms in total. The number of aromatic nitrogens is 1. The van der Waals surface area contributed by atoms with Gasteiger partial charge in [0.2, 0.25) is 11.8 Å². The van der Waals surface area contributed by atoms with Crippen LogP contribution in [-0.4, -0.2) is 46.8 Å². The lowest BCUT2D eigenvalue weighted by atomic mass is 10.2. The van der Waals surface area contributed by atoms with Crippen molar-refractivity contribution in [1.82, 2.24) is 15.2 Å². The average molecular weight is 295 g/mol. The molecule has 1 N–H and O–H groups in total. The van der Waals surface area contributed by atoms with Crippen LogP contribution in [0.1, 0.15) is 18.9 Å². The number of carbonyl (C=O) groups excluding carboxylic acids is 2. The Hall–Kier alpha value is -1.56. The fraction of sp³-hybridized carbons (Fsp3) is 0.500. The molecule has 1 aromatic rings. The van der Waals surface area contributed by atoms with Crippen molar-refractivity contribution in [3.05, 3.63) is 30.1 Å². The largest absolute Gasteiger partial charge is 0.345 e. The second-order valence-corrected chi connectivity index (χ2v) is 5.58. The summed E-state index contributed by atoms with van der Waals surface area (Å²) in [6.45, 7) is 1.92. The first-order chi connectivity index (χ1) is 9.54. The third-order valence-corrected chi connectivity index (χ3v) is 3.45. The lowest BCUT2D eigenvalue weighted by molar-refractivity contribution is -0.135. The zero-order valence-electron chi connectivity index (χ0n) is 12.1. The molecule has 0 aliphatic rings.